The van der Waals surface area contributed by atoms with Crippen molar-refractivity contribution in [3.63, 3.8) is 0 Å². The first kappa shape index (κ1) is 58.6. The Morgan fingerprint density at radius 2 is 1.54 bits per heavy atom. The topological polar surface area (TPSA) is 237 Å². The van der Waals surface area contributed by atoms with Crippen LogP contribution in [0, 0.1) is 24.0 Å². The third kappa shape index (κ3) is 16.9. The van der Waals surface area contributed by atoms with Crippen molar-refractivity contribution >= 4 is 40.7 Å². The van der Waals surface area contributed by atoms with Crippen LogP contribution in [0.3, 0.4) is 0 Å². The van der Waals surface area contributed by atoms with E-state index in [4.69, 9.17) is 14.2 Å². The Balaban J connectivity index is 0.746. The highest BCUT2D eigenvalue weighted by molar-refractivity contribution is 7.13. The van der Waals surface area contributed by atoms with E-state index in [-0.39, 0.29) is 57.3 Å². The summed E-state index contributed by atoms with van der Waals surface area (Å²) < 4.78 is 47.5. The molecule has 416 valence electrons. The number of hydrogen-bond acceptors (Lipinski definition) is 15. The standard InChI is InChI=1S/C56H69F2N11O8S/c1-37-50(78-36-64-37)39-18-16-38(17-19-39)30-61-54(73)47-29-42(70)33-69(47)55(74)51(56(2,3)4)65-49(71)34-77-27-26-76-24-8-6-5-7-23-75-25-11-22-68-48(66-67-52(68)46-20-21-59-35-63-46)32-60-41-13-9-12-40(28-41)53(72)62-31-43-44(57)14-10-15-45(43)58/h9-10,12-21,28,35-36,42,47,51,60,70H,5-8,11,22-27,29-34H2,1-4H3,(H,61,73)(H,62,72)(H,65,71)/t42-,47+,51?/m1/s1. The number of nitrogens with zero attached hydrogens (tertiary/aromatic N) is 7. The van der Waals surface area contributed by atoms with E-state index in [0.717, 1.165) is 59.5 Å². The predicted molar refractivity (Wildman–Crippen MR) is 290 cm³/mol. The van der Waals surface area contributed by atoms with Gasteiger partial charge in [0.2, 0.25) is 17.7 Å². The van der Waals surface area contributed by atoms with Crippen LogP contribution in [-0.2, 0) is 54.8 Å². The van der Waals surface area contributed by atoms with E-state index in [0.29, 0.717) is 68.0 Å². The maximum atomic E-state index is 14.1. The molecule has 3 aromatic carbocycles. The second-order valence-corrected chi connectivity index (χ2v) is 20.8. The van der Waals surface area contributed by atoms with Crippen molar-refractivity contribution in [1.29, 1.82) is 0 Å². The summed E-state index contributed by atoms with van der Waals surface area (Å²) in [6.45, 7) is 10.1. The molecule has 0 radical (unpaired) electrons. The Morgan fingerprint density at radius 3 is 2.24 bits per heavy atom. The second kappa shape index (κ2) is 29.0. The highest BCUT2D eigenvalue weighted by atomic mass is 32.1. The zero-order valence-corrected chi connectivity index (χ0v) is 45.3. The molecule has 1 aliphatic heterocycles. The third-order valence-corrected chi connectivity index (χ3v) is 14.0. The van der Waals surface area contributed by atoms with Crippen molar-refractivity contribution in [2.75, 3.05) is 51.5 Å². The lowest BCUT2D eigenvalue weighted by Crippen LogP contribution is -2.58. The number of unbranched alkanes of at least 4 members (excludes halogenated alkanes) is 3. The van der Waals surface area contributed by atoms with E-state index >= 15 is 0 Å². The third-order valence-electron chi connectivity index (χ3n) is 13.0. The number of likely N-dealkylation sites (tertiary alicyclic amines) is 1. The molecule has 0 bridgehead atoms. The summed E-state index contributed by atoms with van der Waals surface area (Å²) in [5.74, 6) is -2.02. The summed E-state index contributed by atoms with van der Waals surface area (Å²) in [4.78, 5) is 68.5. The molecule has 1 aliphatic rings. The smallest absolute Gasteiger partial charge is 0.251 e. The van der Waals surface area contributed by atoms with Gasteiger partial charge in [-0.3, -0.25) is 19.2 Å². The summed E-state index contributed by atoms with van der Waals surface area (Å²) >= 11 is 1.57. The Hall–Kier alpha value is -7.11. The number of β-amino-alcohol motifs (C(OH)–C–C–N with tert-alkyl or cyclic N) is 1. The molecule has 7 rings (SSSR count). The van der Waals surface area contributed by atoms with Gasteiger partial charge in [-0.25, -0.2) is 23.7 Å². The second-order valence-electron chi connectivity index (χ2n) is 20.0. The fourth-order valence-corrected chi connectivity index (χ4v) is 9.60. The molecule has 3 atom stereocenters. The molecule has 0 spiro atoms. The van der Waals surface area contributed by atoms with E-state index in [1.54, 1.807) is 47.9 Å². The molecule has 4 amide bonds. The number of anilines is 1. The van der Waals surface area contributed by atoms with Gasteiger partial charge in [-0.2, -0.15) is 0 Å². The van der Waals surface area contributed by atoms with Gasteiger partial charge in [-0.05, 0) is 79.1 Å². The highest BCUT2D eigenvalue weighted by Crippen LogP contribution is 2.29. The molecule has 1 fully saturated rings. The number of aliphatic hydroxyl groups excluding tert-OH is 1. The van der Waals surface area contributed by atoms with Gasteiger partial charge in [0.1, 0.15) is 42.3 Å². The number of aryl methyl sites for hydroxylation is 1. The summed E-state index contributed by atoms with van der Waals surface area (Å²) in [6.07, 6.45) is 6.64. The summed E-state index contributed by atoms with van der Waals surface area (Å²) in [5.41, 5.74) is 5.35. The summed E-state index contributed by atoms with van der Waals surface area (Å²) in [7, 11) is 0. The molecule has 5 N–H and O–H groups in total. The van der Waals surface area contributed by atoms with Crippen LogP contribution in [-0.4, -0.2) is 128 Å². The summed E-state index contributed by atoms with van der Waals surface area (Å²) in [5, 5.41) is 31.0. The van der Waals surface area contributed by atoms with Gasteiger partial charge in [0.05, 0.1) is 41.9 Å². The van der Waals surface area contributed by atoms with Crippen molar-refractivity contribution in [3.8, 4) is 22.0 Å². The number of aliphatic hydroxyl groups is 1. The zero-order valence-electron chi connectivity index (χ0n) is 44.5. The van der Waals surface area contributed by atoms with Gasteiger partial charge in [0.15, 0.2) is 11.6 Å². The lowest BCUT2D eigenvalue weighted by atomic mass is 9.85. The largest absolute Gasteiger partial charge is 0.391 e. The minimum Gasteiger partial charge on any atom is -0.391 e. The van der Waals surface area contributed by atoms with Gasteiger partial charge in [-0.1, -0.05) is 70.0 Å². The van der Waals surface area contributed by atoms with Crippen molar-refractivity contribution in [2.24, 2.45) is 5.41 Å². The fourth-order valence-electron chi connectivity index (χ4n) is 8.79. The van der Waals surface area contributed by atoms with Crippen molar-refractivity contribution < 1.29 is 47.3 Å². The SMILES string of the molecule is Cc1ncsc1-c1ccc(CNC(=O)[C@@H]2C[C@@H](O)CN2C(=O)C(NC(=O)COCCOCCCCCCOCCCn2c(CNc3cccc(C(=O)NCc4c(F)cccc4F)c3)nnc2-c2ccncn2)C(C)(C)C)cc1. The number of amides is 4. The maximum absolute atomic E-state index is 14.1. The van der Waals surface area contributed by atoms with Crippen LogP contribution in [0.25, 0.3) is 22.0 Å². The molecule has 4 heterocycles. The van der Waals surface area contributed by atoms with Gasteiger partial charge in [-0.15, -0.1) is 21.5 Å². The molecule has 22 heteroatoms. The molecule has 0 aliphatic carbocycles. The molecule has 1 saturated heterocycles. The van der Waals surface area contributed by atoms with Crippen molar-refractivity contribution in [1.82, 2.24) is 50.6 Å². The number of aromatic nitrogens is 6. The Bertz CT molecular complexity index is 2880. The van der Waals surface area contributed by atoms with E-state index in [1.165, 1.54) is 17.3 Å². The minimum atomic E-state index is -0.967. The Morgan fingerprint density at radius 1 is 0.821 bits per heavy atom. The van der Waals surface area contributed by atoms with Crippen LogP contribution in [0.5, 0.6) is 0 Å². The quantitative estimate of drug-likeness (QED) is 0.0304. The van der Waals surface area contributed by atoms with Gasteiger partial charge in [0.25, 0.3) is 5.91 Å². The monoisotopic (exact) mass is 1090 g/mol. The van der Waals surface area contributed by atoms with E-state index in [9.17, 15) is 33.1 Å². The first-order valence-corrected chi connectivity index (χ1v) is 27.1. The van der Waals surface area contributed by atoms with Gasteiger partial charge < -0.3 is 50.1 Å². The van der Waals surface area contributed by atoms with Crippen molar-refractivity contribution in [2.45, 2.75) is 111 Å². The number of halogens is 2. The number of rotatable bonds is 29. The lowest BCUT2D eigenvalue weighted by molar-refractivity contribution is -0.144. The predicted octanol–water partition coefficient (Wildman–Crippen LogP) is 6.80. The number of carbonyl (C=O) groups is 4. The first-order chi connectivity index (χ1) is 37.7. The highest BCUT2D eigenvalue weighted by Gasteiger charge is 2.44. The molecule has 1 unspecified atom stereocenters. The maximum Gasteiger partial charge on any atom is 0.251 e. The van der Waals surface area contributed by atoms with Crippen LogP contribution < -0.4 is 21.3 Å². The van der Waals surface area contributed by atoms with Crippen LogP contribution >= 0.6 is 11.3 Å². The number of hydrogen-bond donors (Lipinski definition) is 5. The fraction of sp³-hybridized carbons (Fsp3) is 0.446. The normalized spacial score (nSPS) is 14.8. The minimum absolute atomic E-state index is 0.0212. The van der Waals surface area contributed by atoms with E-state index < -0.39 is 53.0 Å². The van der Waals surface area contributed by atoms with Crippen LogP contribution in [0.4, 0.5) is 14.5 Å². The van der Waals surface area contributed by atoms with Crippen LogP contribution in [0.1, 0.15) is 92.3 Å². The molecular formula is C56H69F2N11O8S. The van der Waals surface area contributed by atoms with Crippen LogP contribution in [0.2, 0.25) is 0 Å². The van der Waals surface area contributed by atoms with Crippen LogP contribution in [0.15, 0.2) is 90.8 Å². The first-order valence-electron chi connectivity index (χ1n) is 26.2. The number of thiazole rings is 1. The number of benzene rings is 3. The lowest BCUT2D eigenvalue weighted by Gasteiger charge is -2.35. The molecule has 6 aromatic rings. The Kier molecular flexibility index (Phi) is 21.8. The number of carbonyl (C=O) groups excluding carboxylic acids is 4. The van der Waals surface area contributed by atoms with Gasteiger partial charge >= 0.3 is 0 Å². The average molecular weight is 1090 g/mol. The van der Waals surface area contributed by atoms with E-state index in [1.807, 2.05) is 62.0 Å². The molecule has 78 heavy (non-hydrogen) atoms. The van der Waals surface area contributed by atoms with E-state index in [2.05, 4.69) is 46.4 Å². The molecular weight excluding hydrogens is 1020 g/mol. The number of ether oxygens (including phenoxy) is 3. The van der Waals surface area contributed by atoms with Crippen molar-refractivity contribution in [3.05, 3.63) is 131 Å². The van der Waals surface area contributed by atoms with Gasteiger partial charge in [0, 0.05) is 75.4 Å². The molecule has 3 aromatic heterocycles. The zero-order chi connectivity index (χ0) is 55.4. The summed E-state index contributed by atoms with van der Waals surface area (Å²) in [6, 6.07) is 18.1. The number of nitrogens with one attached hydrogen (secondary N) is 4. The Labute approximate surface area is 456 Å². The molecule has 19 nitrogen and oxygen atoms in total. The average Bonchev–Trinajstić information content (AvgIpc) is 4.19. The molecule has 0 saturated carbocycles.